The summed E-state index contributed by atoms with van der Waals surface area (Å²) >= 11 is 0. The zero-order valence-electron chi connectivity index (χ0n) is 24.6. The fourth-order valence-electron chi connectivity index (χ4n) is 4.02. The first-order valence-corrected chi connectivity index (χ1v) is 13.3. The van der Waals surface area contributed by atoms with Crippen LogP contribution >= 0.6 is 0 Å². The van der Waals surface area contributed by atoms with Crippen molar-refractivity contribution in [3.05, 3.63) is 76.4 Å². The predicted molar refractivity (Wildman–Crippen MR) is 168 cm³/mol. The Hall–Kier alpha value is -4.80. The van der Waals surface area contributed by atoms with Gasteiger partial charge in [0.25, 0.3) is 5.91 Å². The Morgan fingerprint density at radius 1 is 1.20 bits per heavy atom. The second-order valence-electron chi connectivity index (χ2n) is 9.73. The number of methoxy groups -OCH3 is 1. The Morgan fingerprint density at radius 3 is 2.34 bits per heavy atom. The number of carbonyl (C=O) groups is 1. The summed E-state index contributed by atoms with van der Waals surface area (Å²) in [6.07, 6.45) is 12.2. The van der Waals surface area contributed by atoms with Gasteiger partial charge in [0.15, 0.2) is 0 Å². The normalized spacial score (nSPS) is 14.8. The minimum Gasteiger partial charge on any atom is -0.494 e. The van der Waals surface area contributed by atoms with Crippen molar-refractivity contribution in [2.45, 2.75) is 33.1 Å². The molecule has 0 atom stereocenters. The quantitative estimate of drug-likeness (QED) is 0.150. The maximum absolute atomic E-state index is 12.8. The van der Waals surface area contributed by atoms with Crippen molar-refractivity contribution >= 4 is 34.9 Å². The zero-order valence-corrected chi connectivity index (χ0v) is 24.6. The number of ether oxygens (including phenoxy) is 1. The summed E-state index contributed by atoms with van der Waals surface area (Å²) in [6, 6.07) is 5.56. The molecule has 2 aliphatic rings. The van der Waals surface area contributed by atoms with E-state index in [4.69, 9.17) is 32.4 Å². The van der Waals surface area contributed by atoms with Gasteiger partial charge in [-0.25, -0.2) is 0 Å². The van der Waals surface area contributed by atoms with E-state index in [1.165, 1.54) is 30.2 Å². The van der Waals surface area contributed by atoms with E-state index in [0.29, 0.717) is 40.6 Å². The highest BCUT2D eigenvalue weighted by Gasteiger charge is 2.21. The highest BCUT2D eigenvalue weighted by Crippen LogP contribution is 2.35. The lowest BCUT2D eigenvalue weighted by Gasteiger charge is -2.24. The monoisotopic (exact) mass is 561 g/mol. The number of dihydropyridines is 1. The molecule has 41 heavy (non-hydrogen) atoms. The molecule has 0 spiro atoms. The molecule has 1 fully saturated rings. The van der Waals surface area contributed by atoms with Crippen LogP contribution in [0.25, 0.3) is 5.57 Å². The number of nitrogens with zero attached hydrogens (tertiary/aromatic N) is 1. The molecular formula is C30H43N9O2. The average Bonchev–Trinajstić information content (AvgIpc) is 2.92. The Balaban J connectivity index is 0.000000729. The van der Waals surface area contributed by atoms with Gasteiger partial charge in [0.05, 0.1) is 24.2 Å². The number of hydrogen-bond donors (Lipinski definition) is 8. The summed E-state index contributed by atoms with van der Waals surface area (Å²) in [5.41, 5.74) is 17.3. The van der Waals surface area contributed by atoms with Gasteiger partial charge < -0.3 is 47.9 Å². The minimum atomic E-state index is -0.209. The summed E-state index contributed by atoms with van der Waals surface area (Å²) in [7, 11) is 5.16. The lowest BCUT2D eigenvalue weighted by molar-refractivity contribution is -0.125. The molecule has 1 aromatic rings. The van der Waals surface area contributed by atoms with E-state index in [1.54, 1.807) is 39.7 Å². The minimum absolute atomic E-state index is 0.166. The van der Waals surface area contributed by atoms with Crippen molar-refractivity contribution in [1.29, 1.82) is 16.2 Å². The second kappa shape index (κ2) is 15.7. The molecule has 0 bridgehead atoms. The molecule has 1 aliphatic heterocycles. The van der Waals surface area contributed by atoms with Gasteiger partial charge in [0.2, 0.25) is 0 Å². The van der Waals surface area contributed by atoms with Gasteiger partial charge in [-0.05, 0) is 57.0 Å². The molecule has 1 aliphatic carbocycles. The number of anilines is 1. The van der Waals surface area contributed by atoms with E-state index >= 15 is 0 Å². The summed E-state index contributed by atoms with van der Waals surface area (Å²) < 4.78 is 5.66. The zero-order chi connectivity index (χ0) is 30.5. The van der Waals surface area contributed by atoms with Crippen molar-refractivity contribution < 1.29 is 9.53 Å². The van der Waals surface area contributed by atoms with Crippen LogP contribution < -0.4 is 32.2 Å². The number of rotatable bonds is 11. The lowest BCUT2D eigenvalue weighted by Crippen LogP contribution is -2.36. The van der Waals surface area contributed by atoms with Crippen LogP contribution in [0.4, 0.5) is 5.69 Å². The number of carbonyl (C=O) groups excluding carboxylic acids is 1. The fraction of sp³-hybridized carbons (Fsp3) is 0.333. The van der Waals surface area contributed by atoms with Crippen LogP contribution in [0.2, 0.25) is 0 Å². The van der Waals surface area contributed by atoms with Crippen molar-refractivity contribution in [2.24, 2.45) is 11.5 Å². The van der Waals surface area contributed by atoms with Crippen molar-refractivity contribution in [2.75, 3.05) is 39.6 Å². The van der Waals surface area contributed by atoms with Crippen LogP contribution in [0.15, 0.2) is 70.9 Å². The SMILES string of the molecule is CNC=C1CCC1.COc1c(N/C(=C/C(=N)N)C(C)=N)cccc1C1=CC=C(C(=O)N(C)C/C(C=N)=C(\C)N)NC1. The Morgan fingerprint density at radius 2 is 1.90 bits per heavy atom. The van der Waals surface area contributed by atoms with Gasteiger partial charge >= 0.3 is 0 Å². The molecule has 0 unspecified atom stereocenters. The van der Waals surface area contributed by atoms with Crippen molar-refractivity contribution in [3.8, 4) is 5.75 Å². The van der Waals surface area contributed by atoms with Crippen LogP contribution in [0.3, 0.4) is 0 Å². The van der Waals surface area contributed by atoms with Gasteiger partial charge in [-0.1, -0.05) is 23.8 Å². The molecule has 220 valence electrons. The lowest BCUT2D eigenvalue weighted by atomic mass is 9.94. The largest absolute Gasteiger partial charge is 0.494 e. The summed E-state index contributed by atoms with van der Waals surface area (Å²) in [5.74, 6) is 0.185. The number of nitrogens with two attached hydrogens (primary N) is 2. The molecule has 1 aromatic carbocycles. The van der Waals surface area contributed by atoms with Gasteiger partial charge in [-0.2, -0.15) is 0 Å². The fourth-order valence-corrected chi connectivity index (χ4v) is 4.02. The summed E-state index contributed by atoms with van der Waals surface area (Å²) in [5, 5.41) is 32.2. The standard InChI is InChI=1S/C24H32N8O2.C6H11N/c1-14(26)17(11-25)13-32(3)24(33)20-9-8-16(12-30-20)18-6-5-7-19(23(18)34-4)31-21(15(2)27)10-22(28)29;1-7-5-6-3-2-4-6/h5-11,25,27,30-31H,12-13,26H2,1-4H3,(H3,28,29);5,7H,2-4H2,1H3/b17-14+,21-10+,25-11?,27-15?;. The number of nitrogens with one attached hydrogen (secondary N) is 6. The first kappa shape index (κ1) is 32.4. The van der Waals surface area contributed by atoms with Gasteiger partial charge in [0.1, 0.15) is 17.3 Å². The third-order valence-corrected chi connectivity index (χ3v) is 6.47. The van der Waals surface area contributed by atoms with Crippen LogP contribution in [0.1, 0.15) is 38.7 Å². The predicted octanol–water partition coefficient (Wildman–Crippen LogP) is 3.45. The molecule has 11 heteroatoms. The maximum atomic E-state index is 12.8. The molecule has 0 aromatic heterocycles. The van der Waals surface area contributed by atoms with Gasteiger partial charge in [-0.15, -0.1) is 0 Å². The Bertz CT molecular complexity index is 1310. The maximum Gasteiger partial charge on any atom is 0.269 e. The smallest absolute Gasteiger partial charge is 0.269 e. The highest BCUT2D eigenvalue weighted by atomic mass is 16.5. The summed E-state index contributed by atoms with van der Waals surface area (Å²) in [4.78, 5) is 14.3. The van der Waals surface area contributed by atoms with Gasteiger partial charge in [0, 0.05) is 56.3 Å². The van der Waals surface area contributed by atoms with E-state index < -0.39 is 0 Å². The number of para-hydroxylation sites is 1. The number of benzene rings is 1. The number of amides is 1. The number of amidine groups is 1. The molecule has 10 N–H and O–H groups in total. The molecule has 1 amide bonds. The number of allylic oxidation sites excluding steroid dienone is 5. The molecule has 3 rings (SSSR count). The molecule has 0 radical (unpaired) electrons. The molecular weight excluding hydrogens is 518 g/mol. The van der Waals surface area contributed by atoms with Crippen LogP contribution in [-0.2, 0) is 4.79 Å². The van der Waals surface area contributed by atoms with Crippen LogP contribution in [-0.4, -0.2) is 62.9 Å². The van der Waals surface area contributed by atoms with Crippen molar-refractivity contribution in [1.82, 2.24) is 15.5 Å². The first-order valence-electron chi connectivity index (χ1n) is 13.3. The van der Waals surface area contributed by atoms with E-state index in [-0.39, 0.29) is 24.0 Å². The Labute approximate surface area is 242 Å². The second-order valence-corrected chi connectivity index (χ2v) is 9.73. The summed E-state index contributed by atoms with van der Waals surface area (Å²) in [6.45, 7) is 3.94. The third kappa shape index (κ3) is 9.41. The topological polar surface area (TPSA) is 189 Å². The van der Waals surface area contributed by atoms with Crippen molar-refractivity contribution in [3.63, 3.8) is 0 Å². The molecule has 1 saturated carbocycles. The van der Waals surface area contributed by atoms with Crippen LogP contribution in [0, 0.1) is 16.2 Å². The molecule has 0 saturated heterocycles. The van der Waals surface area contributed by atoms with Crippen LogP contribution in [0.5, 0.6) is 5.75 Å². The third-order valence-electron chi connectivity index (χ3n) is 6.47. The number of likely N-dealkylation sites (N-methyl/N-ethyl adjacent to an activating group) is 1. The van der Waals surface area contributed by atoms with Gasteiger partial charge in [-0.3, -0.25) is 10.2 Å². The number of hydrogen-bond acceptors (Lipinski definition) is 9. The Kier molecular flexibility index (Phi) is 12.4. The van der Waals surface area contributed by atoms with E-state index in [9.17, 15) is 4.79 Å². The van der Waals surface area contributed by atoms with E-state index in [0.717, 1.165) is 17.4 Å². The highest BCUT2D eigenvalue weighted by molar-refractivity contribution is 6.05. The average molecular weight is 562 g/mol. The first-order chi connectivity index (χ1) is 19.5. The van der Waals surface area contributed by atoms with E-state index in [2.05, 4.69) is 22.2 Å². The van der Waals surface area contributed by atoms with E-state index in [1.807, 2.05) is 31.3 Å². The molecule has 1 heterocycles. The molecule has 11 nitrogen and oxygen atoms in total.